The summed E-state index contributed by atoms with van der Waals surface area (Å²) in [5.41, 5.74) is 2.73. The highest BCUT2D eigenvalue weighted by Crippen LogP contribution is 2.25. The fraction of sp³-hybridized carbons (Fsp3) is 0.500. The number of carbonyl (C=O) groups excluding carboxylic acids is 1. The molecule has 2 rings (SSSR count). The van der Waals surface area contributed by atoms with Crippen LogP contribution >= 0.6 is 0 Å². The van der Waals surface area contributed by atoms with Gasteiger partial charge >= 0.3 is 0 Å². The van der Waals surface area contributed by atoms with Crippen LogP contribution in [-0.2, 0) is 17.6 Å². The van der Waals surface area contributed by atoms with Crippen LogP contribution in [0.5, 0.6) is 5.75 Å². The summed E-state index contributed by atoms with van der Waals surface area (Å²) in [7, 11) is 3.34. The molecule has 0 aromatic heterocycles. The predicted molar refractivity (Wildman–Crippen MR) is 70.9 cm³/mol. The molecule has 4 nitrogen and oxygen atoms in total. The van der Waals surface area contributed by atoms with Crippen LogP contribution in [0.15, 0.2) is 18.2 Å². The van der Waals surface area contributed by atoms with Gasteiger partial charge in [0.25, 0.3) is 0 Å². The van der Waals surface area contributed by atoms with E-state index in [1.165, 1.54) is 11.1 Å². The minimum absolute atomic E-state index is 0.0337. The minimum Gasteiger partial charge on any atom is -0.497 e. The summed E-state index contributed by atoms with van der Waals surface area (Å²) < 4.78 is 5.25. The quantitative estimate of drug-likeness (QED) is 0.832. The maximum absolute atomic E-state index is 11.2. The van der Waals surface area contributed by atoms with E-state index in [4.69, 9.17) is 4.74 Å². The van der Waals surface area contributed by atoms with E-state index in [1.807, 2.05) is 6.07 Å². The SMILES string of the molecule is CNC(=O)CNC1CCc2ccc(OC)cc2C1. The zero-order valence-electron chi connectivity index (χ0n) is 11.0. The van der Waals surface area contributed by atoms with Crippen LogP contribution < -0.4 is 15.4 Å². The number of rotatable bonds is 4. The third-order valence-corrected chi connectivity index (χ3v) is 3.47. The van der Waals surface area contributed by atoms with E-state index in [0.717, 1.165) is 25.0 Å². The third kappa shape index (κ3) is 3.01. The van der Waals surface area contributed by atoms with Crippen LogP contribution in [-0.4, -0.2) is 32.7 Å². The van der Waals surface area contributed by atoms with Crippen molar-refractivity contribution in [2.75, 3.05) is 20.7 Å². The average molecular weight is 248 g/mol. The molecular weight excluding hydrogens is 228 g/mol. The molecule has 1 aliphatic carbocycles. The van der Waals surface area contributed by atoms with Gasteiger partial charge in [0.15, 0.2) is 0 Å². The summed E-state index contributed by atoms with van der Waals surface area (Å²) in [6.45, 7) is 0.389. The highest BCUT2D eigenvalue weighted by Gasteiger charge is 2.19. The molecule has 0 saturated carbocycles. The van der Waals surface area contributed by atoms with Gasteiger partial charge in [-0.3, -0.25) is 4.79 Å². The molecule has 98 valence electrons. The smallest absolute Gasteiger partial charge is 0.233 e. The van der Waals surface area contributed by atoms with Gasteiger partial charge in [0.2, 0.25) is 5.91 Å². The summed E-state index contributed by atoms with van der Waals surface area (Å²) in [6.07, 6.45) is 3.10. The number of hydrogen-bond acceptors (Lipinski definition) is 3. The van der Waals surface area contributed by atoms with Gasteiger partial charge in [-0.05, 0) is 42.5 Å². The van der Waals surface area contributed by atoms with Crippen LogP contribution in [0.25, 0.3) is 0 Å². The molecule has 0 heterocycles. The van der Waals surface area contributed by atoms with Crippen molar-refractivity contribution in [1.82, 2.24) is 10.6 Å². The lowest BCUT2D eigenvalue weighted by atomic mass is 9.88. The first-order chi connectivity index (χ1) is 8.72. The lowest BCUT2D eigenvalue weighted by Gasteiger charge is -2.25. The Kier molecular flexibility index (Phi) is 4.20. The molecule has 0 saturated heterocycles. The molecule has 1 aromatic rings. The van der Waals surface area contributed by atoms with Crippen molar-refractivity contribution in [2.45, 2.75) is 25.3 Å². The Bertz CT molecular complexity index is 432. The average Bonchev–Trinajstić information content (AvgIpc) is 2.43. The molecule has 2 N–H and O–H groups in total. The maximum atomic E-state index is 11.2. The Balaban J connectivity index is 1.98. The number of benzene rings is 1. The molecule has 0 spiro atoms. The lowest BCUT2D eigenvalue weighted by Crippen LogP contribution is -2.40. The van der Waals surface area contributed by atoms with E-state index < -0.39 is 0 Å². The highest BCUT2D eigenvalue weighted by molar-refractivity contribution is 5.77. The van der Waals surface area contributed by atoms with Gasteiger partial charge in [-0.2, -0.15) is 0 Å². The molecule has 0 fully saturated rings. The van der Waals surface area contributed by atoms with Crippen molar-refractivity contribution in [3.05, 3.63) is 29.3 Å². The second-order valence-electron chi connectivity index (χ2n) is 4.63. The van der Waals surface area contributed by atoms with Gasteiger partial charge in [-0.1, -0.05) is 6.07 Å². The molecule has 0 radical (unpaired) electrons. The van der Waals surface area contributed by atoms with Crippen LogP contribution in [0.2, 0.25) is 0 Å². The highest BCUT2D eigenvalue weighted by atomic mass is 16.5. The van der Waals surface area contributed by atoms with Crippen molar-refractivity contribution in [3.63, 3.8) is 0 Å². The number of aryl methyl sites for hydroxylation is 1. The van der Waals surface area contributed by atoms with Gasteiger partial charge < -0.3 is 15.4 Å². The van der Waals surface area contributed by atoms with Crippen LogP contribution in [0.3, 0.4) is 0 Å². The molecule has 1 aromatic carbocycles. The first-order valence-corrected chi connectivity index (χ1v) is 6.32. The Morgan fingerprint density at radius 2 is 2.28 bits per heavy atom. The van der Waals surface area contributed by atoms with Gasteiger partial charge in [0.05, 0.1) is 13.7 Å². The van der Waals surface area contributed by atoms with Crippen molar-refractivity contribution in [3.8, 4) is 5.75 Å². The number of nitrogens with one attached hydrogen (secondary N) is 2. The summed E-state index contributed by atoms with van der Waals surface area (Å²) in [5.74, 6) is 0.937. The number of methoxy groups -OCH3 is 1. The van der Waals surface area contributed by atoms with E-state index in [-0.39, 0.29) is 5.91 Å². The van der Waals surface area contributed by atoms with Gasteiger partial charge in [-0.15, -0.1) is 0 Å². The molecule has 1 atom stereocenters. The monoisotopic (exact) mass is 248 g/mol. The number of likely N-dealkylation sites (N-methyl/N-ethyl adjacent to an activating group) is 1. The van der Waals surface area contributed by atoms with Crippen LogP contribution in [0.1, 0.15) is 17.5 Å². The zero-order valence-corrected chi connectivity index (χ0v) is 11.0. The largest absolute Gasteiger partial charge is 0.497 e. The van der Waals surface area contributed by atoms with Gasteiger partial charge in [-0.25, -0.2) is 0 Å². The van der Waals surface area contributed by atoms with E-state index in [9.17, 15) is 4.79 Å². The Labute approximate surface area is 108 Å². The van der Waals surface area contributed by atoms with Gasteiger partial charge in [0, 0.05) is 13.1 Å². The number of amides is 1. The molecule has 18 heavy (non-hydrogen) atoms. The van der Waals surface area contributed by atoms with Crippen molar-refractivity contribution in [1.29, 1.82) is 0 Å². The standard InChI is InChI=1S/C14H20N2O2/c1-15-14(17)9-16-12-5-3-10-4-6-13(18-2)8-11(10)7-12/h4,6,8,12,16H,3,5,7,9H2,1-2H3,(H,15,17). The van der Waals surface area contributed by atoms with Crippen molar-refractivity contribution < 1.29 is 9.53 Å². The summed E-state index contributed by atoms with van der Waals surface area (Å²) in [5, 5.41) is 5.92. The number of carbonyl (C=O) groups is 1. The van der Waals surface area contributed by atoms with E-state index in [0.29, 0.717) is 12.6 Å². The summed E-state index contributed by atoms with van der Waals surface area (Å²) in [6, 6.07) is 6.63. The number of ether oxygens (including phenoxy) is 1. The Hall–Kier alpha value is -1.55. The first-order valence-electron chi connectivity index (χ1n) is 6.32. The maximum Gasteiger partial charge on any atom is 0.233 e. The second-order valence-corrected chi connectivity index (χ2v) is 4.63. The zero-order chi connectivity index (χ0) is 13.0. The number of fused-ring (bicyclic) bond motifs is 1. The van der Waals surface area contributed by atoms with Crippen LogP contribution in [0, 0.1) is 0 Å². The molecule has 4 heteroatoms. The third-order valence-electron chi connectivity index (χ3n) is 3.47. The molecule has 1 unspecified atom stereocenters. The number of hydrogen-bond donors (Lipinski definition) is 2. The molecular formula is C14H20N2O2. The fourth-order valence-corrected chi connectivity index (χ4v) is 2.36. The van der Waals surface area contributed by atoms with E-state index >= 15 is 0 Å². The molecule has 0 bridgehead atoms. The lowest BCUT2D eigenvalue weighted by molar-refractivity contribution is -0.119. The van der Waals surface area contributed by atoms with Crippen molar-refractivity contribution in [2.24, 2.45) is 0 Å². The fourth-order valence-electron chi connectivity index (χ4n) is 2.36. The summed E-state index contributed by atoms with van der Waals surface area (Å²) in [4.78, 5) is 11.2. The molecule has 0 aliphatic heterocycles. The first kappa shape index (κ1) is 12.9. The molecule has 1 aliphatic rings. The second kappa shape index (κ2) is 5.87. The van der Waals surface area contributed by atoms with Gasteiger partial charge in [0.1, 0.15) is 5.75 Å². The normalized spacial score (nSPS) is 18.0. The Morgan fingerprint density at radius 1 is 1.44 bits per heavy atom. The van der Waals surface area contributed by atoms with Crippen LogP contribution in [0.4, 0.5) is 0 Å². The topological polar surface area (TPSA) is 50.4 Å². The predicted octanol–water partition coefficient (Wildman–Crippen LogP) is 0.888. The van der Waals surface area contributed by atoms with E-state index in [1.54, 1.807) is 14.2 Å². The van der Waals surface area contributed by atoms with E-state index in [2.05, 4.69) is 22.8 Å². The Morgan fingerprint density at radius 3 is 3.00 bits per heavy atom. The van der Waals surface area contributed by atoms with Crippen molar-refractivity contribution >= 4 is 5.91 Å². The summed E-state index contributed by atoms with van der Waals surface area (Å²) >= 11 is 0. The minimum atomic E-state index is 0.0337. The molecule has 1 amide bonds.